The lowest BCUT2D eigenvalue weighted by molar-refractivity contribution is -0.0161. The average molecular weight is 431 g/mol. The van der Waals surface area contributed by atoms with Crippen LogP contribution in [0.4, 0.5) is 4.79 Å². The van der Waals surface area contributed by atoms with E-state index in [1.54, 1.807) is 4.90 Å². The Labute approximate surface area is 185 Å². The van der Waals surface area contributed by atoms with Crippen LogP contribution in [0.15, 0.2) is 10.7 Å². The fraction of sp³-hybridized carbons (Fsp3) is 0.792. The summed E-state index contributed by atoms with van der Waals surface area (Å²) < 4.78 is 5.56. The highest BCUT2D eigenvalue weighted by Gasteiger charge is 2.51. The second-order valence-corrected chi connectivity index (χ2v) is 11.1. The summed E-state index contributed by atoms with van der Waals surface area (Å²) >= 11 is 0. The second-order valence-electron chi connectivity index (χ2n) is 11.1. The molecule has 7 nitrogen and oxygen atoms in total. The monoisotopic (exact) mass is 430 g/mol. The standard InChI is InChI=1S/C24H38N4O3/c1-15(2)11-25-22(29)20-14-31-21(26-20)13-28(12-16(3)4)23(30)27-24-8-17-5-18(9-24)7-19(6-17)10-24/h14-19H,5-13H2,1-4H3,(H,25,29)(H,27,30). The number of nitrogens with zero attached hydrogens (tertiary/aromatic N) is 2. The topological polar surface area (TPSA) is 87.5 Å². The van der Waals surface area contributed by atoms with Crippen molar-refractivity contribution in [3.8, 4) is 0 Å². The summed E-state index contributed by atoms with van der Waals surface area (Å²) in [5.74, 6) is 3.19. The Kier molecular flexibility index (Phi) is 6.31. The van der Waals surface area contributed by atoms with E-state index in [-0.39, 0.29) is 29.7 Å². The lowest BCUT2D eigenvalue weighted by Crippen LogP contribution is -2.62. The molecule has 7 heteroatoms. The van der Waals surface area contributed by atoms with Crippen LogP contribution in [0.25, 0.3) is 0 Å². The number of aromatic nitrogens is 1. The van der Waals surface area contributed by atoms with E-state index in [9.17, 15) is 9.59 Å². The molecule has 5 rings (SSSR count). The maximum absolute atomic E-state index is 13.4. The molecule has 4 saturated carbocycles. The number of urea groups is 1. The van der Waals surface area contributed by atoms with Crippen molar-refractivity contribution in [3.63, 3.8) is 0 Å². The van der Waals surface area contributed by atoms with Gasteiger partial charge >= 0.3 is 6.03 Å². The van der Waals surface area contributed by atoms with Gasteiger partial charge in [-0.15, -0.1) is 0 Å². The van der Waals surface area contributed by atoms with Gasteiger partial charge in [0, 0.05) is 18.6 Å². The quantitative estimate of drug-likeness (QED) is 0.647. The van der Waals surface area contributed by atoms with Crippen molar-refractivity contribution in [1.29, 1.82) is 0 Å². The van der Waals surface area contributed by atoms with Gasteiger partial charge < -0.3 is 20.0 Å². The molecule has 0 radical (unpaired) electrons. The number of carbonyl (C=O) groups is 2. The summed E-state index contributed by atoms with van der Waals surface area (Å²) in [6.45, 7) is 9.77. The van der Waals surface area contributed by atoms with Gasteiger partial charge in [0.15, 0.2) is 5.69 Å². The predicted octanol–water partition coefficient (Wildman–Crippen LogP) is 4.20. The zero-order chi connectivity index (χ0) is 22.2. The molecular weight excluding hydrogens is 392 g/mol. The van der Waals surface area contributed by atoms with E-state index < -0.39 is 0 Å². The zero-order valence-corrected chi connectivity index (χ0v) is 19.4. The number of carbonyl (C=O) groups excluding carboxylic acids is 2. The third kappa shape index (κ3) is 5.24. The Bertz CT molecular complexity index is 765. The summed E-state index contributed by atoms with van der Waals surface area (Å²) in [4.78, 5) is 31.7. The fourth-order valence-corrected chi connectivity index (χ4v) is 6.27. The Morgan fingerprint density at radius 2 is 1.71 bits per heavy atom. The molecule has 172 valence electrons. The van der Waals surface area contributed by atoms with Gasteiger partial charge in [-0.25, -0.2) is 9.78 Å². The minimum Gasteiger partial charge on any atom is -0.446 e. The van der Waals surface area contributed by atoms with Gasteiger partial charge in [0.1, 0.15) is 6.26 Å². The first-order chi connectivity index (χ1) is 14.7. The van der Waals surface area contributed by atoms with E-state index in [0.717, 1.165) is 37.0 Å². The number of rotatable bonds is 8. The Morgan fingerprint density at radius 3 is 2.26 bits per heavy atom. The molecule has 4 aliphatic rings. The number of oxazole rings is 1. The number of hydrogen-bond donors (Lipinski definition) is 2. The second kappa shape index (κ2) is 8.83. The molecule has 4 bridgehead atoms. The van der Waals surface area contributed by atoms with E-state index in [2.05, 4.69) is 29.5 Å². The van der Waals surface area contributed by atoms with Crippen molar-refractivity contribution in [2.75, 3.05) is 13.1 Å². The van der Waals surface area contributed by atoms with Gasteiger partial charge in [-0.1, -0.05) is 27.7 Å². The molecule has 0 aliphatic heterocycles. The van der Waals surface area contributed by atoms with E-state index >= 15 is 0 Å². The fourth-order valence-electron chi connectivity index (χ4n) is 6.27. The molecule has 0 saturated heterocycles. The van der Waals surface area contributed by atoms with E-state index in [4.69, 9.17) is 4.42 Å². The predicted molar refractivity (Wildman–Crippen MR) is 118 cm³/mol. The first-order valence-corrected chi connectivity index (χ1v) is 12.0. The molecule has 0 atom stereocenters. The number of nitrogens with one attached hydrogen (secondary N) is 2. The lowest BCUT2D eigenvalue weighted by atomic mass is 9.53. The lowest BCUT2D eigenvalue weighted by Gasteiger charge is -2.57. The summed E-state index contributed by atoms with van der Waals surface area (Å²) in [6.07, 6.45) is 8.81. The Hall–Kier alpha value is -2.05. The van der Waals surface area contributed by atoms with Crippen LogP contribution in [0, 0.1) is 29.6 Å². The average Bonchev–Trinajstić information content (AvgIpc) is 3.12. The van der Waals surface area contributed by atoms with E-state index in [0.29, 0.717) is 30.8 Å². The SMILES string of the molecule is CC(C)CNC(=O)c1coc(CN(CC(C)C)C(=O)NC23CC4CC(CC(C4)C2)C3)n1. The van der Waals surface area contributed by atoms with Crippen molar-refractivity contribution in [2.24, 2.45) is 29.6 Å². The van der Waals surface area contributed by atoms with Gasteiger partial charge in [-0.3, -0.25) is 4.79 Å². The highest BCUT2D eigenvalue weighted by atomic mass is 16.3. The molecule has 1 aromatic rings. The molecule has 3 amide bonds. The molecule has 2 N–H and O–H groups in total. The Balaban J connectivity index is 1.41. The third-order valence-corrected chi connectivity index (χ3v) is 7.06. The minimum absolute atomic E-state index is 0.0281. The molecule has 0 unspecified atom stereocenters. The normalized spacial score (nSPS) is 28.9. The maximum atomic E-state index is 13.4. The van der Waals surface area contributed by atoms with Crippen LogP contribution >= 0.6 is 0 Å². The van der Waals surface area contributed by atoms with Gasteiger partial charge in [0.2, 0.25) is 5.89 Å². The molecule has 4 fully saturated rings. The van der Waals surface area contributed by atoms with Gasteiger partial charge in [-0.2, -0.15) is 0 Å². The first-order valence-electron chi connectivity index (χ1n) is 12.0. The van der Waals surface area contributed by atoms with Crippen LogP contribution < -0.4 is 10.6 Å². The molecular formula is C24H38N4O3. The summed E-state index contributed by atoms with van der Waals surface area (Å²) in [7, 11) is 0. The van der Waals surface area contributed by atoms with Crippen LogP contribution in [0.3, 0.4) is 0 Å². The summed E-state index contributed by atoms with van der Waals surface area (Å²) in [6, 6.07) is -0.0281. The molecule has 1 aromatic heterocycles. The van der Waals surface area contributed by atoms with Crippen LogP contribution in [0.2, 0.25) is 0 Å². The van der Waals surface area contributed by atoms with Crippen LogP contribution in [-0.2, 0) is 6.54 Å². The van der Waals surface area contributed by atoms with Crippen LogP contribution in [-0.4, -0.2) is 40.5 Å². The Morgan fingerprint density at radius 1 is 1.10 bits per heavy atom. The van der Waals surface area contributed by atoms with Crippen molar-refractivity contribution < 1.29 is 14.0 Å². The van der Waals surface area contributed by atoms with E-state index in [1.807, 2.05) is 13.8 Å². The maximum Gasteiger partial charge on any atom is 0.318 e. The summed E-state index contributed by atoms with van der Waals surface area (Å²) in [5, 5.41) is 6.30. The van der Waals surface area contributed by atoms with Gasteiger partial charge in [0.25, 0.3) is 5.91 Å². The first kappa shape index (κ1) is 22.2. The van der Waals surface area contributed by atoms with E-state index in [1.165, 1.54) is 25.5 Å². The summed E-state index contributed by atoms with van der Waals surface area (Å²) in [5.41, 5.74) is 0.237. The van der Waals surface area contributed by atoms with Crippen molar-refractivity contribution in [1.82, 2.24) is 20.5 Å². The number of amides is 3. The smallest absolute Gasteiger partial charge is 0.318 e. The molecule has 1 heterocycles. The largest absolute Gasteiger partial charge is 0.446 e. The van der Waals surface area contributed by atoms with Crippen molar-refractivity contribution in [2.45, 2.75) is 78.3 Å². The van der Waals surface area contributed by atoms with Crippen LogP contribution in [0.1, 0.15) is 82.6 Å². The van der Waals surface area contributed by atoms with Gasteiger partial charge in [0.05, 0.1) is 6.54 Å². The minimum atomic E-state index is -0.239. The van der Waals surface area contributed by atoms with Gasteiger partial charge in [-0.05, 0) is 68.1 Å². The molecule has 0 aromatic carbocycles. The van der Waals surface area contributed by atoms with Crippen molar-refractivity contribution in [3.05, 3.63) is 17.8 Å². The molecule has 31 heavy (non-hydrogen) atoms. The third-order valence-electron chi connectivity index (χ3n) is 7.06. The molecule has 4 aliphatic carbocycles. The van der Waals surface area contributed by atoms with Crippen LogP contribution in [0.5, 0.6) is 0 Å². The highest BCUT2D eigenvalue weighted by Crippen LogP contribution is 2.55. The highest BCUT2D eigenvalue weighted by molar-refractivity contribution is 5.91. The van der Waals surface area contributed by atoms with Crippen molar-refractivity contribution >= 4 is 11.9 Å². The zero-order valence-electron chi connectivity index (χ0n) is 19.4. The number of hydrogen-bond acceptors (Lipinski definition) is 4. The molecule has 0 spiro atoms.